The molecule has 166 valence electrons. The van der Waals surface area contributed by atoms with Gasteiger partial charge in [-0.25, -0.2) is 4.68 Å². The lowest BCUT2D eigenvalue weighted by atomic mass is 10.1. The number of amides is 1. The second kappa shape index (κ2) is 9.93. The minimum absolute atomic E-state index is 0.0752. The Morgan fingerprint density at radius 3 is 2.62 bits per heavy atom. The molecule has 32 heavy (non-hydrogen) atoms. The number of piperidine rings is 1. The van der Waals surface area contributed by atoms with Crippen molar-refractivity contribution in [2.24, 2.45) is 0 Å². The first-order chi connectivity index (χ1) is 15.5. The number of likely N-dealkylation sites (tertiary alicyclic amines) is 1. The van der Waals surface area contributed by atoms with Crippen molar-refractivity contribution < 1.29 is 9.72 Å². The largest absolute Gasteiger partial charge is 0.349 e. The number of carbonyl (C=O) groups excluding carboxylic acids is 1. The molecule has 2 heterocycles. The monoisotopic (exact) mass is 453 g/mol. The van der Waals surface area contributed by atoms with Gasteiger partial charge in [0.1, 0.15) is 5.69 Å². The van der Waals surface area contributed by atoms with Crippen LogP contribution in [-0.2, 0) is 0 Å². The summed E-state index contributed by atoms with van der Waals surface area (Å²) in [6.07, 6.45) is 3.64. The van der Waals surface area contributed by atoms with Gasteiger partial charge in [0.05, 0.1) is 21.3 Å². The highest BCUT2D eigenvalue weighted by molar-refractivity contribution is 6.33. The number of nitro groups is 1. The molecular formula is C23H24ClN5O3. The topological polar surface area (TPSA) is 93.3 Å². The highest BCUT2D eigenvalue weighted by atomic mass is 35.5. The summed E-state index contributed by atoms with van der Waals surface area (Å²) in [5, 5.41) is 19.3. The van der Waals surface area contributed by atoms with E-state index in [0.29, 0.717) is 34.2 Å². The van der Waals surface area contributed by atoms with Crippen LogP contribution in [0.5, 0.6) is 0 Å². The zero-order valence-electron chi connectivity index (χ0n) is 17.5. The Morgan fingerprint density at radius 1 is 1.09 bits per heavy atom. The van der Waals surface area contributed by atoms with E-state index in [1.165, 1.54) is 36.1 Å². The lowest BCUT2D eigenvalue weighted by Crippen LogP contribution is -2.38. The van der Waals surface area contributed by atoms with Gasteiger partial charge in [-0.2, -0.15) is 5.10 Å². The van der Waals surface area contributed by atoms with Crippen LogP contribution in [0.1, 0.15) is 29.8 Å². The molecule has 0 bridgehead atoms. The fourth-order valence-corrected chi connectivity index (χ4v) is 4.11. The Hall–Kier alpha value is -3.23. The van der Waals surface area contributed by atoms with Crippen LogP contribution in [0.25, 0.3) is 16.9 Å². The fraction of sp³-hybridized carbons (Fsp3) is 0.304. The molecule has 9 heteroatoms. The smallest absolute Gasteiger partial charge is 0.271 e. The molecule has 1 fully saturated rings. The molecule has 0 atom stereocenters. The zero-order chi connectivity index (χ0) is 22.5. The number of nitrogens with one attached hydrogen (secondary N) is 1. The van der Waals surface area contributed by atoms with Crippen LogP contribution in [0, 0.1) is 10.1 Å². The Morgan fingerprint density at radius 2 is 1.88 bits per heavy atom. The van der Waals surface area contributed by atoms with Crippen LogP contribution in [0.3, 0.4) is 0 Å². The van der Waals surface area contributed by atoms with Crippen molar-refractivity contribution in [1.29, 1.82) is 0 Å². The summed E-state index contributed by atoms with van der Waals surface area (Å²) in [7, 11) is 0. The maximum atomic E-state index is 13.1. The molecule has 1 aliphatic heterocycles. The van der Waals surface area contributed by atoms with Gasteiger partial charge < -0.3 is 10.2 Å². The Bertz CT molecular complexity index is 1120. The highest BCUT2D eigenvalue weighted by Gasteiger charge is 2.20. The normalized spacial score (nSPS) is 14.3. The van der Waals surface area contributed by atoms with Crippen LogP contribution in [0.15, 0.2) is 54.6 Å². The third kappa shape index (κ3) is 4.98. The lowest BCUT2D eigenvalue weighted by Gasteiger charge is -2.26. The van der Waals surface area contributed by atoms with E-state index in [1.54, 1.807) is 24.3 Å². The number of aromatic nitrogens is 2. The summed E-state index contributed by atoms with van der Waals surface area (Å²) in [6.45, 7) is 3.41. The first kappa shape index (κ1) is 22.0. The lowest BCUT2D eigenvalue weighted by molar-refractivity contribution is -0.384. The molecule has 1 aromatic heterocycles. The van der Waals surface area contributed by atoms with Crippen LogP contribution in [0.4, 0.5) is 5.69 Å². The predicted molar refractivity (Wildman–Crippen MR) is 123 cm³/mol. The van der Waals surface area contributed by atoms with E-state index in [4.69, 9.17) is 11.6 Å². The van der Waals surface area contributed by atoms with Crippen molar-refractivity contribution in [3.05, 3.63) is 75.4 Å². The van der Waals surface area contributed by atoms with E-state index in [9.17, 15) is 14.9 Å². The van der Waals surface area contributed by atoms with Gasteiger partial charge in [-0.15, -0.1) is 0 Å². The maximum Gasteiger partial charge on any atom is 0.271 e. The third-order valence-electron chi connectivity index (χ3n) is 5.54. The van der Waals surface area contributed by atoms with Gasteiger partial charge in [-0.1, -0.05) is 42.3 Å². The summed E-state index contributed by atoms with van der Waals surface area (Å²) < 4.78 is 1.43. The van der Waals surface area contributed by atoms with Gasteiger partial charge in [0.15, 0.2) is 0 Å². The van der Waals surface area contributed by atoms with E-state index < -0.39 is 4.92 Å². The van der Waals surface area contributed by atoms with Gasteiger partial charge in [0.2, 0.25) is 0 Å². The van der Waals surface area contributed by atoms with Crippen molar-refractivity contribution in [2.45, 2.75) is 19.3 Å². The summed E-state index contributed by atoms with van der Waals surface area (Å²) in [6, 6.07) is 14.9. The number of nitro benzene ring substituents is 1. The Balaban J connectivity index is 1.63. The molecule has 4 rings (SSSR count). The van der Waals surface area contributed by atoms with Crippen molar-refractivity contribution in [3.63, 3.8) is 0 Å². The minimum Gasteiger partial charge on any atom is -0.349 e. The van der Waals surface area contributed by atoms with E-state index in [2.05, 4.69) is 15.3 Å². The molecule has 0 spiro atoms. The van der Waals surface area contributed by atoms with Crippen LogP contribution in [-0.4, -0.2) is 51.7 Å². The van der Waals surface area contributed by atoms with E-state index in [0.717, 1.165) is 19.6 Å². The number of rotatable bonds is 7. The standard InChI is InChI=1S/C23H24ClN5O3/c24-20-10-3-2-9-19(20)21-16-22(23(30)25-11-14-27-12-4-1-5-13-27)28(26-21)17-7-6-8-18(15-17)29(31)32/h2-3,6-10,15-16H,1,4-5,11-14H2,(H,25,30). The van der Waals surface area contributed by atoms with Crippen LogP contribution < -0.4 is 5.32 Å². The third-order valence-corrected chi connectivity index (χ3v) is 5.87. The second-order valence-electron chi connectivity index (χ2n) is 7.74. The molecule has 0 unspecified atom stereocenters. The molecule has 0 radical (unpaired) electrons. The minimum atomic E-state index is -0.472. The molecular weight excluding hydrogens is 430 g/mol. The SMILES string of the molecule is O=C(NCCN1CCCCC1)c1cc(-c2ccccc2Cl)nn1-c1cccc([N+](=O)[O-])c1. The number of non-ortho nitro benzene ring substituents is 1. The summed E-state index contributed by atoms with van der Waals surface area (Å²) in [5.74, 6) is -0.292. The van der Waals surface area contributed by atoms with Crippen molar-refractivity contribution in [3.8, 4) is 16.9 Å². The maximum absolute atomic E-state index is 13.1. The molecule has 0 aliphatic carbocycles. The molecule has 0 saturated carbocycles. The number of nitrogens with zero attached hydrogens (tertiary/aromatic N) is 4. The molecule has 1 saturated heterocycles. The summed E-state index contributed by atoms with van der Waals surface area (Å²) in [5.41, 5.74) is 1.84. The van der Waals surface area contributed by atoms with Gasteiger partial charge in [0.25, 0.3) is 11.6 Å². The number of hydrogen-bond donors (Lipinski definition) is 1. The number of hydrogen-bond acceptors (Lipinski definition) is 5. The first-order valence-corrected chi connectivity index (χ1v) is 11.0. The summed E-state index contributed by atoms with van der Waals surface area (Å²) >= 11 is 6.34. The molecule has 2 aromatic carbocycles. The molecule has 1 aliphatic rings. The average Bonchev–Trinajstić information content (AvgIpc) is 3.25. The van der Waals surface area contributed by atoms with Gasteiger partial charge >= 0.3 is 0 Å². The summed E-state index contributed by atoms with van der Waals surface area (Å²) in [4.78, 5) is 26.2. The van der Waals surface area contributed by atoms with Crippen molar-refractivity contribution in [1.82, 2.24) is 20.0 Å². The van der Waals surface area contributed by atoms with Crippen LogP contribution >= 0.6 is 11.6 Å². The highest BCUT2D eigenvalue weighted by Crippen LogP contribution is 2.29. The molecule has 8 nitrogen and oxygen atoms in total. The zero-order valence-corrected chi connectivity index (χ0v) is 18.3. The quantitative estimate of drug-likeness (QED) is 0.425. The van der Waals surface area contributed by atoms with Crippen molar-refractivity contribution in [2.75, 3.05) is 26.2 Å². The Kier molecular flexibility index (Phi) is 6.82. The van der Waals surface area contributed by atoms with Gasteiger partial charge in [-0.3, -0.25) is 14.9 Å². The number of halogens is 1. The second-order valence-corrected chi connectivity index (χ2v) is 8.15. The van der Waals surface area contributed by atoms with Crippen LogP contribution in [0.2, 0.25) is 5.02 Å². The van der Waals surface area contributed by atoms with Crippen molar-refractivity contribution >= 4 is 23.2 Å². The Labute approximate surface area is 190 Å². The van der Waals surface area contributed by atoms with Gasteiger partial charge in [0, 0.05) is 30.8 Å². The van der Waals surface area contributed by atoms with E-state index >= 15 is 0 Å². The first-order valence-electron chi connectivity index (χ1n) is 10.6. The fourth-order valence-electron chi connectivity index (χ4n) is 3.88. The number of carbonyl (C=O) groups is 1. The average molecular weight is 454 g/mol. The molecule has 1 N–H and O–H groups in total. The molecule has 1 amide bonds. The van der Waals surface area contributed by atoms with E-state index in [1.807, 2.05) is 18.2 Å². The number of benzene rings is 2. The van der Waals surface area contributed by atoms with Gasteiger partial charge in [-0.05, 0) is 44.1 Å². The molecule has 3 aromatic rings. The van der Waals surface area contributed by atoms with E-state index in [-0.39, 0.29) is 11.6 Å². The predicted octanol–water partition coefficient (Wildman–Crippen LogP) is 4.32.